The van der Waals surface area contributed by atoms with Crippen LogP contribution in [-0.4, -0.2) is 70.8 Å². The quantitative estimate of drug-likeness (QED) is 0.181. The van der Waals surface area contributed by atoms with E-state index in [1.54, 1.807) is 6.92 Å². The van der Waals surface area contributed by atoms with Crippen molar-refractivity contribution in [1.29, 1.82) is 0 Å². The number of piperidine rings is 1. The van der Waals surface area contributed by atoms with Gasteiger partial charge in [0.15, 0.2) is 5.96 Å². The van der Waals surface area contributed by atoms with E-state index in [4.69, 9.17) is 4.74 Å². The molecule has 2 N–H and O–H groups in total. The molecule has 142 valence electrons. The molecule has 0 saturated carbocycles. The molecule has 1 saturated heterocycles. The monoisotopic (exact) mass is 476 g/mol. The summed E-state index contributed by atoms with van der Waals surface area (Å²) in [4.78, 5) is 18.1. The molecule has 8 nitrogen and oxygen atoms in total. The van der Waals surface area contributed by atoms with E-state index in [9.17, 15) is 13.2 Å². The number of methoxy groups -OCH3 is 1. The Bertz CT molecular complexity index is 505. The van der Waals surface area contributed by atoms with E-state index < -0.39 is 10.0 Å². The first kappa shape index (κ1) is 23.4. The Morgan fingerprint density at radius 3 is 2.42 bits per heavy atom. The smallest absolute Gasteiger partial charge is 0.308 e. The summed E-state index contributed by atoms with van der Waals surface area (Å²) in [6.07, 6.45) is 1.47. The number of carbonyl (C=O) groups is 1. The molecule has 0 atom stereocenters. The van der Waals surface area contributed by atoms with Crippen molar-refractivity contribution in [2.24, 2.45) is 10.9 Å². The molecule has 0 aliphatic carbocycles. The maximum atomic E-state index is 11.6. The lowest BCUT2D eigenvalue weighted by Gasteiger charge is -2.33. The molecule has 1 fully saturated rings. The van der Waals surface area contributed by atoms with Gasteiger partial charge in [-0.2, -0.15) is 0 Å². The summed E-state index contributed by atoms with van der Waals surface area (Å²) in [6, 6.07) is 0. The number of carbonyl (C=O) groups excluding carboxylic acids is 1. The first-order valence-electron chi connectivity index (χ1n) is 8.02. The van der Waals surface area contributed by atoms with Crippen LogP contribution >= 0.6 is 24.0 Å². The third-order valence-corrected chi connectivity index (χ3v) is 5.14. The third-order valence-electron chi connectivity index (χ3n) is 3.74. The van der Waals surface area contributed by atoms with E-state index >= 15 is 0 Å². The second kappa shape index (κ2) is 11.9. The van der Waals surface area contributed by atoms with Crippen molar-refractivity contribution in [2.45, 2.75) is 26.7 Å². The molecule has 0 amide bonds. The van der Waals surface area contributed by atoms with Crippen LogP contribution in [0.4, 0.5) is 0 Å². The van der Waals surface area contributed by atoms with E-state index in [1.165, 1.54) is 7.11 Å². The topological polar surface area (TPSA) is 100 Å². The summed E-state index contributed by atoms with van der Waals surface area (Å²) in [7, 11) is -1.76. The number of halogens is 1. The van der Waals surface area contributed by atoms with Gasteiger partial charge in [-0.3, -0.25) is 9.79 Å². The Balaban J connectivity index is 0.00000529. The zero-order valence-corrected chi connectivity index (χ0v) is 17.7. The zero-order valence-electron chi connectivity index (χ0n) is 14.6. The van der Waals surface area contributed by atoms with Gasteiger partial charge in [0.25, 0.3) is 0 Å². The van der Waals surface area contributed by atoms with Crippen LogP contribution in [-0.2, 0) is 19.6 Å². The summed E-state index contributed by atoms with van der Waals surface area (Å²) in [5.41, 5.74) is 0. The van der Waals surface area contributed by atoms with Crippen LogP contribution in [0.1, 0.15) is 26.7 Å². The van der Waals surface area contributed by atoms with Crippen LogP contribution in [0.25, 0.3) is 0 Å². The van der Waals surface area contributed by atoms with Gasteiger partial charge in [-0.15, -0.1) is 24.0 Å². The molecule has 1 rings (SSSR count). The second-order valence-corrected chi connectivity index (χ2v) is 7.41. The van der Waals surface area contributed by atoms with Crippen LogP contribution < -0.4 is 10.0 Å². The second-order valence-electron chi connectivity index (χ2n) is 5.32. The minimum absolute atomic E-state index is 0. The van der Waals surface area contributed by atoms with Crippen molar-refractivity contribution in [2.75, 3.05) is 45.6 Å². The van der Waals surface area contributed by atoms with Crippen molar-refractivity contribution in [1.82, 2.24) is 14.9 Å². The number of likely N-dealkylation sites (tertiary alicyclic amines) is 1. The van der Waals surface area contributed by atoms with Gasteiger partial charge in [-0.25, -0.2) is 13.1 Å². The molecule has 24 heavy (non-hydrogen) atoms. The summed E-state index contributed by atoms with van der Waals surface area (Å²) in [5.74, 6) is 0.625. The highest BCUT2D eigenvalue weighted by molar-refractivity contribution is 14.0. The van der Waals surface area contributed by atoms with Crippen molar-refractivity contribution >= 4 is 45.9 Å². The minimum Gasteiger partial charge on any atom is -0.469 e. The summed E-state index contributed by atoms with van der Waals surface area (Å²) in [5, 5.41) is 3.20. The van der Waals surface area contributed by atoms with Gasteiger partial charge in [0.1, 0.15) is 0 Å². The van der Waals surface area contributed by atoms with Crippen molar-refractivity contribution < 1.29 is 17.9 Å². The third kappa shape index (κ3) is 7.97. The van der Waals surface area contributed by atoms with Crippen LogP contribution in [0.15, 0.2) is 4.99 Å². The molecule has 1 aliphatic rings. The fourth-order valence-electron chi connectivity index (χ4n) is 2.38. The fraction of sp³-hybridized carbons (Fsp3) is 0.857. The Labute approximate surface area is 161 Å². The molecular weight excluding hydrogens is 447 g/mol. The van der Waals surface area contributed by atoms with E-state index in [-0.39, 0.29) is 48.2 Å². The van der Waals surface area contributed by atoms with Gasteiger partial charge in [0, 0.05) is 26.2 Å². The van der Waals surface area contributed by atoms with Gasteiger partial charge >= 0.3 is 5.97 Å². The Hall–Kier alpha value is -0.620. The van der Waals surface area contributed by atoms with Crippen LogP contribution in [0.2, 0.25) is 0 Å². The summed E-state index contributed by atoms with van der Waals surface area (Å²) in [6.45, 7) is 6.43. The molecule has 10 heteroatoms. The number of sulfonamides is 1. The fourth-order valence-corrected chi connectivity index (χ4v) is 2.99. The predicted octanol–water partition coefficient (Wildman–Crippen LogP) is 0.394. The van der Waals surface area contributed by atoms with Crippen molar-refractivity contribution in [3.63, 3.8) is 0 Å². The minimum atomic E-state index is -3.18. The molecule has 0 radical (unpaired) electrons. The largest absolute Gasteiger partial charge is 0.469 e. The van der Waals surface area contributed by atoms with E-state index in [2.05, 4.69) is 19.9 Å². The van der Waals surface area contributed by atoms with Crippen LogP contribution in [0, 0.1) is 5.92 Å². The molecule has 0 bridgehead atoms. The van der Waals surface area contributed by atoms with E-state index in [1.807, 2.05) is 6.92 Å². The SMILES string of the molecule is CCNC(=NCCNS(=O)(=O)CC)N1CCC(C(=O)OC)CC1.I. The first-order chi connectivity index (χ1) is 10.9. The summed E-state index contributed by atoms with van der Waals surface area (Å²) >= 11 is 0. The van der Waals surface area contributed by atoms with Gasteiger partial charge in [0.05, 0.1) is 25.3 Å². The Morgan fingerprint density at radius 2 is 1.92 bits per heavy atom. The molecule has 1 heterocycles. The molecule has 0 aromatic heterocycles. The zero-order chi connectivity index (χ0) is 17.3. The molecule has 0 aromatic rings. The first-order valence-corrected chi connectivity index (χ1v) is 9.67. The number of guanidine groups is 1. The number of ether oxygens (including phenoxy) is 1. The van der Waals surface area contributed by atoms with Crippen molar-refractivity contribution in [3.05, 3.63) is 0 Å². The van der Waals surface area contributed by atoms with Crippen molar-refractivity contribution in [3.8, 4) is 0 Å². The number of aliphatic imine (C=N–C) groups is 1. The Kier molecular flexibility index (Phi) is 11.5. The number of nitrogens with zero attached hydrogens (tertiary/aromatic N) is 2. The lowest BCUT2D eigenvalue weighted by Crippen LogP contribution is -2.47. The number of rotatable bonds is 7. The lowest BCUT2D eigenvalue weighted by molar-refractivity contribution is -0.146. The average Bonchev–Trinajstić information content (AvgIpc) is 2.57. The standard InChI is InChI=1S/C14H28N4O4S.HI/c1-4-15-14(16-8-9-17-23(20,21)5-2)18-10-6-12(7-11-18)13(19)22-3;/h12,17H,4-11H2,1-3H3,(H,15,16);1H. The number of esters is 1. The molecular formula is C14H29IN4O4S. The number of hydrogen-bond donors (Lipinski definition) is 2. The maximum absolute atomic E-state index is 11.6. The normalized spacial score (nSPS) is 16.5. The molecule has 1 aliphatic heterocycles. The average molecular weight is 476 g/mol. The van der Waals surface area contributed by atoms with E-state index in [0.717, 1.165) is 38.4 Å². The van der Waals surface area contributed by atoms with Gasteiger partial charge < -0.3 is 15.0 Å². The lowest BCUT2D eigenvalue weighted by atomic mass is 9.97. The molecule has 0 unspecified atom stereocenters. The van der Waals surface area contributed by atoms with E-state index in [0.29, 0.717) is 6.54 Å². The molecule has 0 aromatic carbocycles. The van der Waals surface area contributed by atoms with Gasteiger partial charge in [-0.1, -0.05) is 0 Å². The number of nitrogens with one attached hydrogen (secondary N) is 2. The van der Waals surface area contributed by atoms with Gasteiger partial charge in [-0.05, 0) is 26.7 Å². The number of hydrogen-bond acceptors (Lipinski definition) is 5. The maximum Gasteiger partial charge on any atom is 0.308 e. The van der Waals surface area contributed by atoms with Gasteiger partial charge in [0.2, 0.25) is 10.0 Å². The Morgan fingerprint density at radius 1 is 1.29 bits per heavy atom. The predicted molar refractivity (Wildman–Crippen MR) is 105 cm³/mol. The molecule has 0 spiro atoms. The van der Waals surface area contributed by atoms with Crippen LogP contribution in [0.5, 0.6) is 0 Å². The van der Waals surface area contributed by atoms with Crippen LogP contribution in [0.3, 0.4) is 0 Å². The highest BCUT2D eigenvalue weighted by Gasteiger charge is 2.26. The summed E-state index contributed by atoms with van der Waals surface area (Å²) < 4.78 is 30.0. The highest BCUT2D eigenvalue weighted by Crippen LogP contribution is 2.18. The highest BCUT2D eigenvalue weighted by atomic mass is 127.